The highest BCUT2D eigenvalue weighted by molar-refractivity contribution is 7.80. The standard InChI is InChI=1S/C17H23N3O3S/c1-4-5-10-23-14(21)12-6-8-13(9-7-12)18-15(22)20-11-17(2,3)19-16(20)24/h6-9H,4-5,10-11H2,1-3H3,(H,18,22)(H,19,24). The molecule has 0 atom stereocenters. The molecule has 1 heterocycles. The number of hydrogen-bond donors (Lipinski definition) is 2. The minimum Gasteiger partial charge on any atom is -0.462 e. The first kappa shape index (κ1) is 18.2. The number of nitrogens with zero attached hydrogens (tertiary/aromatic N) is 1. The fourth-order valence-electron chi connectivity index (χ4n) is 2.30. The van der Waals surface area contributed by atoms with E-state index in [0.717, 1.165) is 12.8 Å². The minimum absolute atomic E-state index is 0.236. The van der Waals surface area contributed by atoms with Crippen LogP contribution in [0.2, 0.25) is 0 Å². The number of benzene rings is 1. The van der Waals surface area contributed by atoms with Crippen molar-refractivity contribution < 1.29 is 14.3 Å². The van der Waals surface area contributed by atoms with Crippen molar-refractivity contribution in [2.24, 2.45) is 0 Å². The van der Waals surface area contributed by atoms with Crippen LogP contribution in [0, 0.1) is 0 Å². The van der Waals surface area contributed by atoms with Crippen LogP contribution < -0.4 is 10.6 Å². The molecule has 1 fully saturated rings. The van der Waals surface area contributed by atoms with Crippen LogP contribution in [0.3, 0.4) is 0 Å². The van der Waals surface area contributed by atoms with Crippen LogP contribution in [-0.2, 0) is 4.74 Å². The summed E-state index contributed by atoms with van der Waals surface area (Å²) >= 11 is 5.18. The van der Waals surface area contributed by atoms with Gasteiger partial charge in [0.05, 0.1) is 24.3 Å². The van der Waals surface area contributed by atoms with E-state index in [0.29, 0.717) is 29.5 Å². The SMILES string of the molecule is CCCCOC(=O)c1ccc(NC(=O)N2CC(C)(C)NC2=S)cc1. The fraction of sp³-hybridized carbons (Fsp3) is 0.471. The van der Waals surface area contributed by atoms with Crippen molar-refractivity contribution in [3.63, 3.8) is 0 Å². The molecule has 2 rings (SSSR count). The topological polar surface area (TPSA) is 70.7 Å². The molecule has 7 heteroatoms. The maximum atomic E-state index is 12.3. The lowest BCUT2D eigenvalue weighted by Crippen LogP contribution is -2.37. The maximum absolute atomic E-state index is 12.3. The van der Waals surface area contributed by atoms with Gasteiger partial charge >= 0.3 is 12.0 Å². The van der Waals surface area contributed by atoms with Gasteiger partial charge in [0, 0.05) is 5.69 Å². The molecular formula is C17H23N3O3S. The number of carbonyl (C=O) groups excluding carboxylic acids is 2. The van der Waals surface area contributed by atoms with Crippen LogP contribution in [0.5, 0.6) is 0 Å². The van der Waals surface area contributed by atoms with E-state index in [1.807, 2.05) is 20.8 Å². The summed E-state index contributed by atoms with van der Waals surface area (Å²) in [5, 5.41) is 6.28. The third-order valence-corrected chi connectivity index (χ3v) is 3.91. The van der Waals surface area contributed by atoms with Crippen molar-refractivity contribution in [3.05, 3.63) is 29.8 Å². The first-order chi connectivity index (χ1) is 11.3. The molecule has 2 N–H and O–H groups in total. The molecular weight excluding hydrogens is 326 g/mol. The number of nitrogens with one attached hydrogen (secondary N) is 2. The van der Waals surface area contributed by atoms with Gasteiger partial charge in [-0.3, -0.25) is 4.90 Å². The van der Waals surface area contributed by atoms with Crippen molar-refractivity contribution in [2.75, 3.05) is 18.5 Å². The van der Waals surface area contributed by atoms with Gasteiger partial charge in [0.2, 0.25) is 0 Å². The molecule has 24 heavy (non-hydrogen) atoms. The maximum Gasteiger partial charge on any atom is 0.338 e. The molecule has 1 aromatic rings. The van der Waals surface area contributed by atoms with E-state index >= 15 is 0 Å². The molecule has 0 unspecified atom stereocenters. The molecule has 0 saturated carbocycles. The predicted octanol–water partition coefficient (Wildman–Crippen LogP) is 3.14. The Labute approximate surface area is 147 Å². The molecule has 0 aromatic heterocycles. The van der Waals surface area contributed by atoms with Crippen molar-refractivity contribution in [1.29, 1.82) is 0 Å². The van der Waals surface area contributed by atoms with Crippen molar-refractivity contribution in [1.82, 2.24) is 10.2 Å². The molecule has 1 aliphatic heterocycles. The summed E-state index contributed by atoms with van der Waals surface area (Å²) in [5.41, 5.74) is 0.821. The van der Waals surface area contributed by atoms with E-state index < -0.39 is 0 Å². The van der Waals surface area contributed by atoms with Crippen LogP contribution in [0.4, 0.5) is 10.5 Å². The summed E-state index contributed by atoms with van der Waals surface area (Å²) in [6.45, 7) is 6.91. The Hall–Kier alpha value is -2.15. The van der Waals surface area contributed by atoms with E-state index in [4.69, 9.17) is 17.0 Å². The zero-order valence-corrected chi connectivity index (χ0v) is 15.0. The summed E-state index contributed by atoms with van der Waals surface area (Å²) in [7, 11) is 0. The number of thiocarbonyl (C=S) groups is 1. The summed E-state index contributed by atoms with van der Waals surface area (Å²) in [6, 6.07) is 6.32. The number of urea groups is 1. The molecule has 1 saturated heterocycles. The number of ether oxygens (including phenoxy) is 1. The second-order valence-corrected chi connectivity index (χ2v) is 6.78. The molecule has 1 aromatic carbocycles. The molecule has 0 radical (unpaired) electrons. The quantitative estimate of drug-likeness (QED) is 0.485. The number of hydrogen-bond acceptors (Lipinski definition) is 4. The second-order valence-electron chi connectivity index (χ2n) is 6.40. The molecule has 130 valence electrons. The summed E-state index contributed by atoms with van der Waals surface area (Å²) in [5.74, 6) is -0.354. The zero-order valence-electron chi connectivity index (χ0n) is 14.2. The number of anilines is 1. The smallest absolute Gasteiger partial charge is 0.338 e. The van der Waals surface area contributed by atoms with Gasteiger partial charge in [-0.2, -0.15) is 0 Å². The number of carbonyl (C=O) groups is 2. The van der Waals surface area contributed by atoms with Crippen molar-refractivity contribution >= 4 is 35.0 Å². The van der Waals surface area contributed by atoms with E-state index in [9.17, 15) is 9.59 Å². The molecule has 0 bridgehead atoms. The Kier molecular flexibility index (Phi) is 5.77. The van der Waals surface area contributed by atoms with Gasteiger partial charge < -0.3 is 15.4 Å². The zero-order chi connectivity index (χ0) is 17.7. The van der Waals surface area contributed by atoms with Crippen LogP contribution in [0.1, 0.15) is 44.0 Å². The average Bonchev–Trinajstić information content (AvgIpc) is 2.81. The second kappa shape index (κ2) is 7.61. The lowest BCUT2D eigenvalue weighted by atomic mass is 10.1. The fourth-order valence-corrected chi connectivity index (χ4v) is 2.72. The van der Waals surface area contributed by atoms with Gasteiger partial charge in [-0.15, -0.1) is 0 Å². The third-order valence-electron chi connectivity index (χ3n) is 3.59. The number of unbranched alkanes of at least 4 members (excludes halogenated alkanes) is 1. The van der Waals surface area contributed by atoms with E-state index in [-0.39, 0.29) is 17.5 Å². The van der Waals surface area contributed by atoms with Gasteiger partial charge in [0.1, 0.15) is 0 Å². The van der Waals surface area contributed by atoms with Gasteiger partial charge in [0.25, 0.3) is 0 Å². The van der Waals surface area contributed by atoms with Crippen molar-refractivity contribution in [2.45, 2.75) is 39.2 Å². The molecule has 6 nitrogen and oxygen atoms in total. The Morgan fingerprint density at radius 1 is 1.33 bits per heavy atom. The van der Waals surface area contributed by atoms with Gasteiger partial charge in [0.15, 0.2) is 5.11 Å². The number of amides is 2. The monoisotopic (exact) mass is 349 g/mol. The lowest BCUT2D eigenvalue weighted by Gasteiger charge is -2.18. The summed E-state index contributed by atoms with van der Waals surface area (Å²) in [6.07, 6.45) is 1.82. The first-order valence-electron chi connectivity index (χ1n) is 8.00. The van der Waals surface area contributed by atoms with Crippen LogP contribution in [0.15, 0.2) is 24.3 Å². The average molecular weight is 349 g/mol. The van der Waals surface area contributed by atoms with Gasteiger partial charge in [-0.1, -0.05) is 13.3 Å². The third kappa shape index (κ3) is 4.67. The Morgan fingerprint density at radius 3 is 2.54 bits per heavy atom. The van der Waals surface area contributed by atoms with Crippen LogP contribution in [0.25, 0.3) is 0 Å². The van der Waals surface area contributed by atoms with E-state index in [2.05, 4.69) is 10.6 Å². The lowest BCUT2D eigenvalue weighted by molar-refractivity contribution is 0.0500. The molecule has 2 amide bonds. The van der Waals surface area contributed by atoms with Gasteiger partial charge in [-0.25, -0.2) is 9.59 Å². The largest absolute Gasteiger partial charge is 0.462 e. The van der Waals surface area contributed by atoms with Crippen molar-refractivity contribution in [3.8, 4) is 0 Å². The summed E-state index contributed by atoms with van der Waals surface area (Å²) < 4.78 is 5.15. The minimum atomic E-state index is -0.354. The predicted molar refractivity (Wildman–Crippen MR) is 97.2 cm³/mol. The Morgan fingerprint density at radius 2 is 2.00 bits per heavy atom. The highest BCUT2D eigenvalue weighted by Gasteiger charge is 2.35. The highest BCUT2D eigenvalue weighted by atomic mass is 32.1. The van der Waals surface area contributed by atoms with Crippen LogP contribution >= 0.6 is 12.2 Å². The Bertz CT molecular complexity index is 628. The van der Waals surface area contributed by atoms with Gasteiger partial charge in [-0.05, 0) is 56.8 Å². The Balaban J connectivity index is 1.93. The number of esters is 1. The number of rotatable bonds is 5. The highest BCUT2D eigenvalue weighted by Crippen LogP contribution is 2.17. The molecule has 0 aliphatic carbocycles. The molecule has 0 spiro atoms. The molecule has 1 aliphatic rings. The first-order valence-corrected chi connectivity index (χ1v) is 8.41. The van der Waals surface area contributed by atoms with E-state index in [1.165, 1.54) is 4.90 Å². The normalized spacial score (nSPS) is 15.8. The summed E-state index contributed by atoms with van der Waals surface area (Å²) in [4.78, 5) is 25.6. The van der Waals surface area contributed by atoms with E-state index in [1.54, 1.807) is 24.3 Å². The van der Waals surface area contributed by atoms with Crippen LogP contribution in [-0.4, -0.2) is 40.7 Å².